The summed E-state index contributed by atoms with van der Waals surface area (Å²) >= 11 is 5.15. The molecule has 2 heterocycles. The van der Waals surface area contributed by atoms with Gasteiger partial charge in [-0.05, 0) is 24.3 Å². The summed E-state index contributed by atoms with van der Waals surface area (Å²) in [6.07, 6.45) is 3.66. The SMILES string of the molecule is Oc1cccn(Cc2cn(-c3ccccc3)nn2)c1=S. The van der Waals surface area contributed by atoms with Gasteiger partial charge in [0.05, 0.1) is 18.4 Å². The predicted octanol–water partition coefficient (Wildman–Crippen LogP) is 2.55. The maximum absolute atomic E-state index is 9.60. The molecular weight excluding hydrogens is 272 g/mol. The zero-order valence-electron chi connectivity index (χ0n) is 10.5. The van der Waals surface area contributed by atoms with Crippen LogP contribution in [-0.2, 0) is 6.54 Å². The van der Waals surface area contributed by atoms with Crippen molar-refractivity contribution in [1.29, 1.82) is 0 Å². The highest BCUT2D eigenvalue weighted by Gasteiger charge is 2.04. The van der Waals surface area contributed by atoms with Crippen LogP contribution in [0.4, 0.5) is 0 Å². The summed E-state index contributed by atoms with van der Waals surface area (Å²) < 4.78 is 3.85. The monoisotopic (exact) mass is 284 g/mol. The fraction of sp³-hybridized carbons (Fsp3) is 0.0714. The van der Waals surface area contributed by atoms with E-state index in [2.05, 4.69) is 10.3 Å². The highest BCUT2D eigenvalue weighted by molar-refractivity contribution is 7.71. The Labute approximate surface area is 120 Å². The van der Waals surface area contributed by atoms with E-state index in [1.807, 2.05) is 42.7 Å². The fourth-order valence-electron chi connectivity index (χ4n) is 1.90. The molecule has 1 aromatic carbocycles. The summed E-state index contributed by atoms with van der Waals surface area (Å²) in [4.78, 5) is 0. The third-order valence-electron chi connectivity index (χ3n) is 2.89. The van der Waals surface area contributed by atoms with Gasteiger partial charge in [-0.3, -0.25) is 0 Å². The lowest BCUT2D eigenvalue weighted by Crippen LogP contribution is -2.01. The molecule has 0 aliphatic heterocycles. The van der Waals surface area contributed by atoms with E-state index in [-0.39, 0.29) is 5.75 Å². The van der Waals surface area contributed by atoms with Crippen LogP contribution in [0.25, 0.3) is 5.69 Å². The number of hydrogen-bond donors (Lipinski definition) is 1. The maximum atomic E-state index is 9.60. The second-order valence-electron chi connectivity index (χ2n) is 4.32. The zero-order valence-corrected chi connectivity index (χ0v) is 11.4. The average molecular weight is 284 g/mol. The molecule has 6 heteroatoms. The normalized spacial score (nSPS) is 10.6. The Hall–Kier alpha value is -2.47. The highest BCUT2D eigenvalue weighted by atomic mass is 32.1. The summed E-state index contributed by atoms with van der Waals surface area (Å²) in [6.45, 7) is 0.472. The number of aromatic nitrogens is 4. The Morgan fingerprint density at radius 3 is 2.70 bits per heavy atom. The second kappa shape index (κ2) is 5.26. The Kier molecular flexibility index (Phi) is 3.30. The van der Waals surface area contributed by atoms with E-state index < -0.39 is 0 Å². The zero-order chi connectivity index (χ0) is 13.9. The van der Waals surface area contributed by atoms with E-state index in [1.165, 1.54) is 0 Å². The number of pyridine rings is 1. The van der Waals surface area contributed by atoms with E-state index >= 15 is 0 Å². The van der Waals surface area contributed by atoms with Gasteiger partial charge in [0.2, 0.25) is 0 Å². The van der Waals surface area contributed by atoms with Crippen molar-refractivity contribution in [1.82, 2.24) is 19.6 Å². The van der Waals surface area contributed by atoms with Crippen molar-refractivity contribution in [2.24, 2.45) is 0 Å². The summed E-state index contributed by atoms with van der Waals surface area (Å²) in [5, 5.41) is 17.8. The molecule has 0 spiro atoms. The molecule has 20 heavy (non-hydrogen) atoms. The minimum Gasteiger partial charge on any atom is -0.505 e. The summed E-state index contributed by atoms with van der Waals surface area (Å²) in [5.74, 6) is 0.0953. The van der Waals surface area contributed by atoms with E-state index in [0.717, 1.165) is 11.4 Å². The van der Waals surface area contributed by atoms with E-state index in [1.54, 1.807) is 21.4 Å². The quantitative estimate of drug-likeness (QED) is 0.751. The van der Waals surface area contributed by atoms with Crippen molar-refractivity contribution < 1.29 is 5.11 Å². The molecule has 0 radical (unpaired) electrons. The van der Waals surface area contributed by atoms with Gasteiger partial charge in [0.1, 0.15) is 16.1 Å². The molecule has 0 unspecified atom stereocenters. The predicted molar refractivity (Wildman–Crippen MR) is 77.4 cm³/mol. The number of aromatic hydroxyl groups is 1. The third-order valence-corrected chi connectivity index (χ3v) is 3.34. The van der Waals surface area contributed by atoms with E-state index in [9.17, 15) is 5.11 Å². The van der Waals surface area contributed by atoms with Crippen molar-refractivity contribution >= 4 is 12.2 Å². The van der Waals surface area contributed by atoms with Crippen molar-refractivity contribution in [3.8, 4) is 11.4 Å². The maximum Gasteiger partial charge on any atom is 0.150 e. The molecule has 0 aliphatic carbocycles. The number of benzene rings is 1. The molecule has 1 N–H and O–H groups in total. The first-order valence-electron chi connectivity index (χ1n) is 6.09. The van der Waals surface area contributed by atoms with Crippen molar-refractivity contribution in [3.63, 3.8) is 0 Å². The molecule has 0 saturated heterocycles. The molecule has 0 aliphatic rings. The van der Waals surface area contributed by atoms with Crippen LogP contribution in [0, 0.1) is 4.64 Å². The largest absolute Gasteiger partial charge is 0.505 e. The first-order valence-corrected chi connectivity index (χ1v) is 6.50. The topological polar surface area (TPSA) is 55.9 Å². The lowest BCUT2D eigenvalue weighted by Gasteiger charge is -2.04. The van der Waals surface area contributed by atoms with Crippen LogP contribution in [0.2, 0.25) is 0 Å². The van der Waals surface area contributed by atoms with E-state index in [4.69, 9.17) is 12.2 Å². The number of rotatable bonds is 3. The van der Waals surface area contributed by atoms with Gasteiger partial charge in [0, 0.05) is 6.20 Å². The standard InChI is InChI=1S/C14H12N4OS/c19-13-7-4-8-17(14(13)20)9-11-10-18(16-15-11)12-5-2-1-3-6-12/h1-8,10,19H,9H2. The Bertz CT molecular complexity index is 779. The minimum absolute atomic E-state index is 0.0953. The van der Waals surface area contributed by atoms with Crippen LogP contribution in [0.5, 0.6) is 5.75 Å². The van der Waals surface area contributed by atoms with Crippen molar-refractivity contribution in [2.75, 3.05) is 0 Å². The lowest BCUT2D eigenvalue weighted by molar-refractivity contribution is 0.464. The molecule has 5 nitrogen and oxygen atoms in total. The molecule has 0 bridgehead atoms. The molecule has 0 amide bonds. The van der Waals surface area contributed by atoms with Gasteiger partial charge in [0.25, 0.3) is 0 Å². The van der Waals surface area contributed by atoms with Gasteiger partial charge in [-0.1, -0.05) is 35.6 Å². The van der Waals surface area contributed by atoms with Crippen LogP contribution >= 0.6 is 12.2 Å². The van der Waals surface area contributed by atoms with Crippen molar-refractivity contribution in [3.05, 3.63) is 65.2 Å². The van der Waals surface area contributed by atoms with Crippen molar-refractivity contribution in [2.45, 2.75) is 6.54 Å². The smallest absolute Gasteiger partial charge is 0.150 e. The van der Waals surface area contributed by atoms with E-state index in [0.29, 0.717) is 11.2 Å². The van der Waals surface area contributed by atoms with Gasteiger partial charge in [0.15, 0.2) is 0 Å². The molecule has 3 rings (SSSR count). The summed E-state index contributed by atoms with van der Waals surface area (Å²) in [5.41, 5.74) is 1.72. The van der Waals surface area contributed by atoms with Crippen LogP contribution in [0.15, 0.2) is 54.9 Å². The first kappa shape index (κ1) is 12.6. The van der Waals surface area contributed by atoms with Crippen LogP contribution in [0.3, 0.4) is 0 Å². The van der Waals surface area contributed by atoms with Gasteiger partial charge in [-0.25, -0.2) is 4.68 Å². The summed E-state index contributed by atoms with van der Waals surface area (Å²) in [7, 11) is 0. The molecule has 3 aromatic rings. The Morgan fingerprint density at radius 1 is 1.10 bits per heavy atom. The number of hydrogen-bond acceptors (Lipinski definition) is 4. The highest BCUT2D eigenvalue weighted by Crippen LogP contribution is 2.12. The van der Waals surface area contributed by atoms with Gasteiger partial charge < -0.3 is 9.67 Å². The number of para-hydroxylation sites is 1. The molecule has 2 aromatic heterocycles. The van der Waals surface area contributed by atoms with Gasteiger partial charge in [-0.15, -0.1) is 5.10 Å². The average Bonchev–Trinajstić information content (AvgIpc) is 2.93. The second-order valence-corrected chi connectivity index (χ2v) is 4.70. The summed E-state index contributed by atoms with van der Waals surface area (Å²) in [6, 6.07) is 13.1. The molecular formula is C14H12N4OS. The molecule has 0 atom stereocenters. The molecule has 0 saturated carbocycles. The molecule has 100 valence electrons. The van der Waals surface area contributed by atoms with Crippen LogP contribution < -0.4 is 0 Å². The third kappa shape index (κ3) is 2.46. The van der Waals surface area contributed by atoms with Crippen LogP contribution in [-0.4, -0.2) is 24.7 Å². The Balaban J connectivity index is 1.88. The van der Waals surface area contributed by atoms with Gasteiger partial charge >= 0.3 is 0 Å². The minimum atomic E-state index is 0.0953. The van der Waals surface area contributed by atoms with Gasteiger partial charge in [-0.2, -0.15) is 0 Å². The molecule has 0 fully saturated rings. The Morgan fingerprint density at radius 2 is 1.90 bits per heavy atom. The fourth-order valence-corrected chi connectivity index (χ4v) is 2.09. The number of nitrogens with zero attached hydrogens (tertiary/aromatic N) is 4. The lowest BCUT2D eigenvalue weighted by atomic mass is 10.3. The first-order chi connectivity index (χ1) is 9.74. The van der Waals surface area contributed by atoms with Crippen LogP contribution in [0.1, 0.15) is 5.69 Å².